The van der Waals surface area contributed by atoms with Crippen LogP contribution in [-0.2, 0) is 4.74 Å². The number of hydrogen-bond acceptors (Lipinski definition) is 5. The fourth-order valence-corrected chi connectivity index (χ4v) is 5.22. The number of piperidine rings is 1. The van der Waals surface area contributed by atoms with E-state index in [9.17, 15) is 14.0 Å². The van der Waals surface area contributed by atoms with E-state index >= 15 is 0 Å². The highest BCUT2D eigenvalue weighted by Crippen LogP contribution is 2.32. The van der Waals surface area contributed by atoms with Gasteiger partial charge in [-0.25, -0.2) is 13.9 Å². The van der Waals surface area contributed by atoms with Crippen LogP contribution < -0.4 is 10.2 Å². The zero-order chi connectivity index (χ0) is 28.8. The number of benzene rings is 1. The van der Waals surface area contributed by atoms with Crippen molar-refractivity contribution in [1.82, 2.24) is 19.1 Å². The molecule has 1 aliphatic rings. The van der Waals surface area contributed by atoms with Crippen LogP contribution >= 0.6 is 0 Å². The van der Waals surface area contributed by atoms with Gasteiger partial charge >= 0.3 is 6.09 Å². The van der Waals surface area contributed by atoms with E-state index in [-0.39, 0.29) is 18.0 Å². The van der Waals surface area contributed by atoms with Crippen LogP contribution in [0.15, 0.2) is 49.4 Å². The maximum absolute atomic E-state index is 14.6. The number of aryl methyl sites for hydroxylation is 1. The third-order valence-electron chi connectivity index (χ3n) is 7.19. The first-order valence-corrected chi connectivity index (χ1v) is 13.4. The minimum atomic E-state index is -0.542. The Kier molecular flexibility index (Phi) is 7.03. The van der Waals surface area contributed by atoms with Crippen molar-refractivity contribution in [1.29, 1.82) is 0 Å². The molecule has 0 saturated carbocycles. The Morgan fingerprint density at radius 2 is 1.90 bits per heavy atom. The Balaban J connectivity index is 1.37. The van der Waals surface area contributed by atoms with E-state index in [2.05, 4.69) is 21.9 Å². The van der Waals surface area contributed by atoms with Crippen LogP contribution in [0.1, 0.15) is 49.5 Å². The zero-order valence-corrected chi connectivity index (χ0v) is 23.6. The average Bonchev–Trinajstić information content (AvgIpc) is 3.50. The molecule has 0 atom stereocenters. The number of halogens is 1. The number of carbonyl (C=O) groups is 2. The average molecular weight is 547 g/mol. The van der Waals surface area contributed by atoms with Crippen molar-refractivity contribution >= 4 is 46.0 Å². The summed E-state index contributed by atoms with van der Waals surface area (Å²) in [5, 5.41) is 8.22. The number of fused-ring (bicyclic) bond motifs is 2. The molecule has 3 aromatic heterocycles. The predicted molar refractivity (Wildman–Crippen MR) is 155 cm³/mol. The maximum Gasteiger partial charge on any atom is 0.410 e. The highest BCUT2D eigenvalue weighted by atomic mass is 19.1. The molecule has 2 amide bonds. The largest absolute Gasteiger partial charge is 0.444 e. The Hall–Kier alpha value is -4.34. The van der Waals surface area contributed by atoms with E-state index in [0.29, 0.717) is 22.3 Å². The quantitative estimate of drug-likeness (QED) is 0.336. The molecule has 40 heavy (non-hydrogen) atoms. The van der Waals surface area contributed by atoms with E-state index in [4.69, 9.17) is 4.74 Å². The lowest BCUT2D eigenvalue weighted by Crippen LogP contribution is -2.47. The number of anilines is 2. The summed E-state index contributed by atoms with van der Waals surface area (Å²) >= 11 is 0. The minimum absolute atomic E-state index is 0.0735. The summed E-state index contributed by atoms with van der Waals surface area (Å²) in [6.07, 6.45) is 8.16. The van der Waals surface area contributed by atoms with Crippen LogP contribution in [0.25, 0.3) is 22.6 Å². The van der Waals surface area contributed by atoms with E-state index in [1.807, 2.05) is 40.0 Å². The highest BCUT2D eigenvalue weighted by Gasteiger charge is 2.30. The van der Waals surface area contributed by atoms with Crippen LogP contribution in [0.4, 0.5) is 20.6 Å². The van der Waals surface area contributed by atoms with Gasteiger partial charge in [-0.15, -0.1) is 0 Å². The summed E-state index contributed by atoms with van der Waals surface area (Å²) in [4.78, 5) is 29.8. The van der Waals surface area contributed by atoms with E-state index in [1.165, 1.54) is 6.07 Å². The molecule has 1 saturated heterocycles. The van der Waals surface area contributed by atoms with Crippen molar-refractivity contribution in [3.63, 3.8) is 0 Å². The molecule has 4 aromatic rings. The number of nitrogens with one attached hydrogen (secondary N) is 1. The van der Waals surface area contributed by atoms with Gasteiger partial charge in [-0.1, -0.05) is 6.58 Å². The molecule has 0 spiro atoms. The third kappa shape index (κ3) is 5.38. The first-order chi connectivity index (χ1) is 18.9. The molecular weight excluding hydrogens is 511 g/mol. The van der Waals surface area contributed by atoms with Gasteiger partial charge in [-0.05, 0) is 64.3 Å². The van der Waals surface area contributed by atoms with E-state index in [1.54, 1.807) is 51.8 Å². The van der Waals surface area contributed by atoms with Crippen LogP contribution in [-0.4, -0.2) is 62.9 Å². The lowest BCUT2D eigenvalue weighted by atomic mass is 10.0. The van der Waals surface area contributed by atoms with E-state index < -0.39 is 11.4 Å². The van der Waals surface area contributed by atoms with Gasteiger partial charge in [0.15, 0.2) is 0 Å². The van der Waals surface area contributed by atoms with Crippen molar-refractivity contribution in [2.75, 3.05) is 30.4 Å². The highest BCUT2D eigenvalue weighted by molar-refractivity contribution is 6.14. The number of rotatable bonds is 5. The third-order valence-corrected chi connectivity index (χ3v) is 7.19. The number of ether oxygens (including phenoxy) is 1. The van der Waals surface area contributed by atoms with Crippen LogP contribution in [0.2, 0.25) is 0 Å². The lowest BCUT2D eigenvalue weighted by Gasteiger charge is -2.38. The van der Waals surface area contributed by atoms with Gasteiger partial charge in [-0.2, -0.15) is 5.10 Å². The molecule has 4 heterocycles. The first-order valence-electron chi connectivity index (χ1n) is 13.4. The van der Waals surface area contributed by atoms with Crippen molar-refractivity contribution in [3.8, 4) is 0 Å². The fourth-order valence-electron chi connectivity index (χ4n) is 5.22. The topological polar surface area (TPSA) is 84.1 Å². The maximum atomic E-state index is 14.6. The van der Waals surface area contributed by atoms with Crippen molar-refractivity contribution in [3.05, 3.63) is 66.4 Å². The van der Waals surface area contributed by atoms with Gasteiger partial charge in [0.1, 0.15) is 16.9 Å². The lowest BCUT2D eigenvalue weighted by molar-refractivity contribution is 0.0201. The van der Waals surface area contributed by atoms with Gasteiger partial charge in [-0.3, -0.25) is 4.79 Å². The molecule has 10 heteroatoms. The summed E-state index contributed by atoms with van der Waals surface area (Å²) in [5.74, 6) is -0.797. The fraction of sp³-hybridized carbons (Fsp3) is 0.367. The molecule has 1 N–H and O–H groups in total. The predicted octanol–water partition coefficient (Wildman–Crippen LogP) is 5.93. The normalized spacial score (nSPS) is 14.5. The summed E-state index contributed by atoms with van der Waals surface area (Å²) in [5.41, 5.74) is 3.04. The Morgan fingerprint density at radius 1 is 1.18 bits per heavy atom. The van der Waals surface area contributed by atoms with Crippen molar-refractivity contribution in [2.45, 2.75) is 52.2 Å². The zero-order valence-electron chi connectivity index (χ0n) is 23.6. The second kappa shape index (κ2) is 10.3. The Morgan fingerprint density at radius 3 is 2.58 bits per heavy atom. The Bertz CT molecular complexity index is 1610. The van der Waals surface area contributed by atoms with Gasteiger partial charge in [0.05, 0.1) is 16.8 Å². The molecular formula is C30H35FN6O3. The molecule has 0 aliphatic carbocycles. The van der Waals surface area contributed by atoms with Gasteiger partial charge in [0.25, 0.3) is 5.91 Å². The van der Waals surface area contributed by atoms with Gasteiger partial charge in [0, 0.05) is 68.1 Å². The van der Waals surface area contributed by atoms with E-state index in [0.717, 1.165) is 42.6 Å². The second-order valence-corrected chi connectivity index (χ2v) is 11.3. The van der Waals surface area contributed by atoms with Crippen molar-refractivity contribution < 1.29 is 18.7 Å². The Labute approximate surface area is 232 Å². The number of hydrogen-bond donors (Lipinski definition) is 1. The monoisotopic (exact) mass is 546 g/mol. The number of aromatic nitrogens is 3. The number of pyridine rings is 1. The standard InChI is InChI=1S/C30H35FN6O3/c1-7-37-18-23-25(35-12-10-21(11-13-35)34(6)29(39)40-30(3,4)5)9-8-22(27(23)33-37)28(38)32-20-15-24(31)26-14-19(2)16-36(26)17-20/h7-9,14-18,21H,1,10-13H2,2-6H3,(H,32,38). The molecule has 1 aromatic carbocycles. The minimum Gasteiger partial charge on any atom is -0.444 e. The van der Waals surface area contributed by atoms with Crippen molar-refractivity contribution in [2.24, 2.45) is 0 Å². The molecule has 5 rings (SSSR count). The number of carbonyl (C=O) groups excluding carboxylic acids is 2. The SMILES string of the molecule is C=Cn1cc2c(N3CCC(N(C)C(=O)OC(C)(C)C)CC3)ccc(C(=O)Nc3cc(F)c4cc(C)cn4c3)c2n1. The van der Waals surface area contributed by atoms with Crippen LogP contribution in [0.5, 0.6) is 0 Å². The van der Waals surface area contributed by atoms with Crippen LogP contribution in [0, 0.1) is 12.7 Å². The molecule has 0 radical (unpaired) electrons. The molecule has 0 unspecified atom stereocenters. The molecule has 1 aliphatic heterocycles. The molecule has 210 valence electrons. The molecule has 0 bridgehead atoms. The van der Waals surface area contributed by atoms with Crippen LogP contribution in [0.3, 0.4) is 0 Å². The number of amides is 2. The summed E-state index contributed by atoms with van der Waals surface area (Å²) in [7, 11) is 1.79. The smallest absolute Gasteiger partial charge is 0.410 e. The van der Waals surface area contributed by atoms with Gasteiger partial charge in [0.2, 0.25) is 0 Å². The summed E-state index contributed by atoms with van der Waals surface area (Å²) in [6.45, 7) is 12.7. The summed E-state index contributed by atoms with van der Waals surface area (Å²) in [6, 6.07) is 6.82. The molecule has 9 nitrogen and oxygen atoms in total. The number of nitrogens with zero attached hydrogens (tertiary/aromatic N) is 5. The molecule has 1 fully saturated rings. The second-order valence-electron chi connectivity index (χ2n) is 11.3. The van der Waals surface area contributed by atoms with Gasteiger partial charge < -0.3 is 24.3 Å². The first kappa shape index (κ1) is 27.2. The summed E-state index contributed by atoms with van der Waals surface area (Å²) < 4.78 is 23.4.